The maximum atomic E-state index is 12.2. The van der Waals surface area contributed by atoms with Crippen LogP contribution < -0.4 is 11.1 Å². The third-order valence-electron chi connectivity index (χ3n) is 3.91. The van der Waals surface area contributed by atoms with Crippen molar-refractivity contribution in [2.24, 2.45) is 5.73 Å². The van der Waals surface area contributed by atoms with E-state index in [0.717, 1.165) is 12.0 Å². The summed E-state index contributed by atoms with van der Waals surface area (Å²) in [5.74, 6) is -0.222. The van der Waals surface area contributed by atoms with Gasteiger partial charge in [-0.2, -0.15) is 0 Å². The average molecular weight is 344 g/mol. The molecule has 2 rings (SSSR count). The normalized spacial score (nSPS) is 19.0. The van der Waals surface area contributed by atoms with E-state index >= 15 is 0 Å². The van der Waals surface area contributed by atoms with E-state index in [1.54, 1.807) is 18.2 Å². The standard InChI is InChI=1S/C15H19Cl2N3O2/c1-9(13-10(16)4-2-5-11(13)17)8-19-14(21)12-6-3-7-20(12)15(18)22/h2,4-5,9,12H,3,6-8H2,1H3,(H2,18,22)(H,19,21)/t9?,12-/m0/s1. The van der Waals surface area contributed by atoms with Crippen molar-refractivity contribution < 1.29 is 9.59 Å². The van der Waals surface area contributed by atoms with Gasteiger partial charge in [-0.3, -0.25) is 4.79 Å². The highest BCUT2D eigenvalue weighted by Gasteiger charge is 2.33. The second kappa shape index (κ2) is 7.20. The van der Waals surface area contributed by atoms with E-state index in [9.17, 15) is 9.59 Å². The minimum atomic E-state index is -0.556. The number of primary amides is 1. The Bertz CT molecular complexity index is 560. The van der Waals surface area contributed by atoms with E-state index in [1.807, 2.05) is 6.92 Å². The van der Waals surface area contributed by atoms with Crippen molar-refractivity contribution in [3.05, 3.63) is 33.8 Å². The summed E-state index contributed by atoms with van der Waals surface area (Å²) in [4.78, 5) is 24.9. The average Bonchev–Trinajstić information content (AvgIpc) is 2.94. The molecule has 1 aromatic carbocycles. The number of rotatable bonds is 4. The molecule has 0 bridgehead atoms. The van der Waals surface area contributed by atoms with Crippen molar-refractivity contribution in [2.45, 2.75) is 31.7 Å². The molecule has 2 atom stereocenters. The molecule has 1 aliphatic rings. The van der Waals surface area contributed by atoms with Crippen LogP contribution >= 0.6 is 23.2 Å². The molecular formula is C15H19Cl2N3O2. The zero-order valence-corrected chi connectivity index (χ0v) is 13.8. The third-order valence-corrected chi connectivity index (χ3v) is 4.57. The monoisotopic (exact) mass is 343 g/mol. The lowest BCUT2D eigenvalue weighted by Gasteiger charge is -2.23. The first kappa shape index (κ1) is 16.9. The fraction of sp³-hybridized carbons (Fsp3) is 0.467. The van der Waals surface area contributed by atoms with Gasteiger partial charge >= 0.3 is 6.03 Å². The summed E-state index contributed by atoms with van der Waals surface area (Å²) in [6, 6.07) is 4.29. The summed E-state index contributed by atoms with van der Waals surface area (Å²) in [5, 5.41) is 4.01. The van der Waals surface area contributed by atoms with Crippen molar-refractivity contribution in [1.29, 1.82) is 0 Å². The van der Waals surface area contributed by atoms with Gasteiger partial charge in [-0.25, -0.2) is 4.79 Å². The lowest BCUT2D eigenvalue weighted by molar-refractivity contribution is -0.124. The Balaban J connectivity index is 1.98. The molecule has 120 valence electrons. The second-order valence-corrected chi connectivity index (χ2v) is 6.29. The number of carbonyl (C=O) groups is 2. The first-order chi connectivity index (χ1) is 10.4. The predicted octanol–water partition coefficient (Wildman–Crippen LogP) is 2.76. The van der Waals surface area contributed by atoms with Crippen LogP contribution in [0.4, 0.5) is 4.79 Å². The number of amides is 3. The summed E-state index contributed by atoms with van der Waals surface area (Å²) < 4.78 is 0. The maximum Gasteiger partial charge on any atom is 0.315 e. The molecule has 0 aliphatic carbocycles. The first-order valence-electron chi connectivity index (χ1n) is 7.19. The van der Waals surface area contributed by atoms with Gasteiger partial charge in [0.25, 0.3) is 0 Å². The summed E-state index contributed by atoms with van der Waals surface area (Å²) in [7, 11) is 0. The molecule has 3 amide bonds. The summed E-state index contributed by atoms with van der Waals surface area (Å²) in [6.45, 7) is 2.86. The highest BCUT2D eigenvalue weighted by Crippen LogP contribution is 2.31. The molecule has 1 saturated heterocycles. The van der Waals surface area contributed by atoms with Crippen LogP contribution in [0.2, 0.25) is 10.0 Å². The Hall–Kier alpha value is -1.46. The molecule has 1 heterocycles. The predicted molar refractivity (Wildman–Crippen MR) is 87.2 cm³/mol. The number of benzene rings is 1. The van der Waals surface area contributed by atoms with Crippen LogP contribution in [0.3, 0.4) is 0 Å². The van der Waals surface area contributed by atoms with Crippen LogP contribution in [0.15, 0.2) is 18.2 Å². The molecule has 0 radical (unpaired) electrons. The Morgan fingerprint density at radius 1 is 1.41 bits per heavy atom. The number of carbonyl (C=O) groups excluding carboxylic acids is 2. The smallest absolute Gasteiger partial charge is 0.315 e. The third kappa shape index (κ3) is 3.65. The van der Waals surface area contributed by atoms with Crippen LogP contribution in [0.5, 0.6) is 0 Å². The summed E-state index contributed by atoms with van der Waals surface area (Å²) >= 11 is 12.3. The molecule has 0 aromatic heterocycles. The fourth-order valence-electron chi connectivity index (χ4n) is 2.76. The Labute approximate surface area is 139 Å². The Morgan fingerprint density at radius 3 is 2.64 bits per heavy atom. The van der Waals surface area contributed by atoms with Gasteiger partial charge < -0.3 is 16.0 Å². The second-order valence-electron chi connectivity index (χ2n) is 5.47. The lowest BCUT2D eigenvalue weighted by Crippen LogP contribution is -2.48. The number of nitrogens with two attached hydrogens (primary N) is 1. The maximum absolute atomic E-state index is 12.2. The van der Waals surface area contributed by atoms with Crippen LogP contribution in [0.1, 0.15) is 31.2 Å². The molecule has 1 unspecified atom stereocenters. The van der Waals surface area contributed by atoms with Crippen molar-refractivity contribution in [1.82, 2.24) is 10.2 Å². The minimum absolute atomic E-state index is 0.0337. The van der Waals surface area contributed by atoms with Gasteiger partial charge in [-0.1, -0.05) is 36.2 Å². The molecule has 1 aliphatic heterocycles. The summed E-state index contributed by atoms with van der Waals surface area (Å²) in [6.07, 6.45) is 1.42. The number of urea groups is 1. The molecule has 3 N–H and O–H groups in total. The van der Waals surface area contributed by atoms with Crippen LogP contribution in [-0.4, -0.2) is 36.0 Å². The highest BCUT2D eigenvalue weighted by molar-refractivity contribution is 6.36. The van der Waals surface area contributed by atoms with Crippen LogP contribution in [0.25, 0.3) is 0 Å². The lowest BCUT2D eigenvalue weighted by atomic mass is 10.0. The highest BCUT2D eigenvalue weighted by atomic mass is 35.5. The van der Waals surface area contributed by atoms with Gasteiger partial charge in [-0.05, 0) is 30.5 Å². The topological polar surface area (TPSA) is 75.4 Å². The molecule has 5 nitrogen and oxygen atoms in total. The molecular weight excluding hydrogens is 325 g/mol. The van der Waals surface area contributed by atoms with Gasteiger partial charge in [-0.15, -0.1) is 0 Å². The molecule has 22 heavy (non-hydrogen) atoms. The Morgan fingerprint density at radius 2 is 2.05 bits per heavy atom. The zero-order chi connectivity index (χ0) is 16.3. The van der Waals surface area contributed by atoms with E-state index < -0.39 is 12.1 Å². The molecule has 1 aromatic rings. The molecule has 0 spiro atoms. The van der Waals surface area contributed by atoms with E-state index in [0.29, 0.717) is 29.6 Å². The van der Waals surface area contributed by atoms with Gasteiger partial charge in [0.2, 0.25) is 5.91 Å². The van der Waals surface area contributed by atoms with Crippen molar-refractivity contribution in [3.8, 4) is 0 Å². The van der Waals surface area contributed by atoms with E-state index in [1.165, 1.54) is 4.90 Å². The number of nitrogens with one attached hydrogen (secondary N) is 1. The van der Waals surface area contributed by atoms with Crippen molar-refractivity contribution >= 4 is 35.1 Å². The van der Waals surface area contributed by atoms with E-state index in [4.69, 9.17) is 28.9 Å². The SMILES string of the molecule is CC(CNC(=O)[C@@H]1CCCN1C(N)=O)c1c(Cl)cccc1Cl. The molecule has 0 saturated carbocycles. The molecule has 1 fully saturated rings. The van der Waals surface area contributed by atoms with Gasteiger partial charge in [0.1, 0.15) is 6.04 Å². The number of halogens is 2. The summed E-state index contributed by atoms with van der Waals surface area (Å²) in [5.41, 5.74) is 6.09. The largest absolute Gasteiger partial charge is 0.354 e. The Kier molecular flexibility index (Phi) is 5.53. The number of nitrogens with zero attached hydrogens (tertiary/aromatic N) is 1. The number of hydrogen-bond donors (Lipinski definition) is 2. The number of hydrogen-bond acceptors (Lipinski definition) is 2. The van der Waals surface area contributed by atoms with Gasteiger partial charge in [0.15, 0.2) is 0 Å². The quantitative estimate of drug-likeness (QED) is 0.881. The van der Waals surface area contributed by atoms with E-state index in [-0.39, 0.29) is 11.8 Å². The van der Waals surface area contributed by atoms with Crippen molar-refractivity contribution in [3.63, 3.8) is 0 Å². The van der Waals surface area contributed by atoms with Gasteiger partial charge in [0, 0.05) is 29.1 Å². The van der Waals surface area contributed by atoms with Gasteiger partial charge in [0.05, 0.1) is 0 Å². The molecule has 7 heteroatoms. The van der Waals surface area contributed by atoms with E-state index in [2.05, 4.69) is 5.32 Å². The van der Waals surface area contributed by atoms with Crippen LogP contribution in [-0.2, 0) is 4.79 Å². The van der Waals surface area contributed by atoms with Crippen molar-refractivity contribution in [2.75, 3.05) is 13.1 Å². The zero-order valence-electron chi connectivity index (χ0n) is 12.3. The minimum Gasteiger partial charge on any atom is -0.354 e. The fourth-order valence-corrected chi connectivity index (χ4v) is 3.53. The first-order valence-corrected chi connectivity index (χ1v) is 7.95. The van der Waals surface area contributed by atoms with Crippen LogP contribution in [0, 0.1) is 0 Å². The number of likely N-dealkylation sites (tertiary alicyclic amines) is 1.